The molecule has 3 aromatic rings. The van der Waals surface area contributed by atoms with E-state index in [2.05, 4.69) is 57.5 Å². The van der Waals surface area contributed by atoms with Crippen LogP contribution in [0.25, 0.3) is 5.69 Å². The molecule has 9 nitrogen and oxygen atoms in total. The van der Waals surface area contributed by atoms with E-state index in [1.54, 1.807) is 0 Å². The fraction of sp³-hybridized carbons (Fsp3) is 0.469. The molecule has 1 aromatic heterocycles. The van der Waals surface area contributed by atoms with Crippen molar-refractivity contribution in [3.8, 4) is 5.69 Å². The number of aromatic nitrogens is 2. The first kappa shape index (κ1) is 31.3. The topological polar surface area (TPSA) is 80.0 Å². The minimum Gasteiger partial charge on any atom is -0.372 e. The number of halogens is 1. The maximum Gasteiger partial charge on any atom is 0.337 e. The van der Waals surface area contributed by atoms with Crippen molar-refractivity contribution in [3.05, 3.63) is 86.1 Å². The number of rotatable bonds is 10. The van der Waals surface area contributed by atoms with Gasteiger partial charge in [-0.05, 0) is 73.3 Å². The van der Waals surface area contributed by atoms with Crippen LogP contribution in [0.2, 0.25) is 25.7 Å². The number of anilines is 2. The highest BCUT2D eigenvalue weighted by atomic mass is 79.9. The minimum absolute atomic E-state index is 0.0392. The molecule has 3 heterocycles. The molecule has 230 valence electrons. The van der Waals surface area contributed by atoms with Crippen molar-refractivity contribution < 1.29 is 9.53 Å². The fourth-order valence-electron chi connectivity index (χ4n) is 5.65. The third-order valence-electron chi connectivity index (χ3n) is 8.38. The molecular formula is C32H42BrN5O4Si. The molecule has 0 unspecified atom stereocenters. The Morgan fingerprint density at radius 3 is 2.09 bits per heavy atom. The second-order valence-corrected chi connectivity index (χ2v) is 19.3. The van der Waals surface area contributed by atoms with Crippen LogP contribution >= 0.6 is 15.9 Å². The Morgan fingerprint density at radius 2 is 1.44 bits per heavy atom. The van der Waals surface area contributed by atoms with Gasteiger partial charge in [-0.2, -0.15) is 0 Å². The number of nitrogens with zero attached hydrogens (tertiary/aromatic N) is 5. The van der Waals surface area contributed by atoms with E-state index in [4.69, 9.17) is 4.74 Å². The van der Waals surface area contributed by atoms with Crippen LogP contribution in [0.3, 0.4) is 0 Å². The lowest BCUT2D eigenvalue weighted by Gasteiger charge is -2.40. The van der Waals surface area contributed by atoms with Gasteiger partial charge in [-0.15, -0.1) is 0 Å². The Bertz CT molecular complexity index is 1510. The highest BCUT2D eigenvalue weighted by Gasteiger charge is 2.28. The van der Waals surface area contributed by atoms with Crippen molar-refractivity contribution in [2.24, 2.45) is 5.92 Å². The average molecular weight is 669 g/mol. The molecule has 0 atom stereocenters. The van der Waals surface area contributed by atoms with E-state index in [0.717, 1.165) is 72.0 Å². The van der Waals surface area contributed by atoms with Crippen molar-refractivity contribution in [1.29, 1.82) is 0 Å². The largest absolute Gasteiger partial charge is 0.372 e. The number of carbonyl (C=O) groups is 1. The summed E-state index contributed by atoms with van der Waals surface area (Å²) in [6.07, 6.45) is 3.60. The number of amides is 1. The summed E-state index contributed by atoms with van der Waals surface area (Å²) in [4.78, 5) is 45.0. The summed E-state index contributed by atoms with van der Waals surface area (Å²) in [5.41, 5.74) is 2.14. The molecule has 0 N–H and O–H groups in total. The van der Waals surface area contributed by atoms with Crippen LogP contribution in [0.5, 0.6) is 0 Å². The van der Waals surface area contributed by atoms with E-state index in [-0.39, 0.29) is 18.2 Å². The van der Waals surface area contributed by atoms with E-state index in [1.165, 1.54) is 16.8 Å². The SMILES string of the molecule is C[Si](C)(C)CCOCn1c(=O)ccn(-c2ccc(N3CCC(CN4CCN(c5ccc(Br)cc5)CC4=O)CC3)cc2)c1=O. The molecule has 43 heavy (non-hydrogen) atoms. The predicted molar refractivity (Wildman–Crippen MR) is 178 cm³/mol. The Kier molecular flexibility index (Phi) is 9.93. The Balaban J connectivity index is 1.13. The molecule has 0 bridgehead atoms. The number of piperazine rings is 1. The molecule has 1 amide bonds. The Labute approximate surface area is 262 Å². The van der Waals surface area contributed by atoms with Crippen molar-refractivity contribution >= 4 is 41.3 Å². The maximum atomic E-state index is 13.1. The van der Waals surface area contributed by atoms with Gasteiger partial charge < -0.3 is 19.4 Å². The maximum absolute atomic E-state index is 13.1. The van der Waals surface area contributed by atoms with E-state index in [0.29, 0.717) is 24.8 Å². The Hall–Kier alpha value is -3.15. The minimum atomic E-state index is -1.26. The normalized spacial score (nSPS) is 16.7. The van der Waals surface area contributed by atoms with Crippen LogP contribution in [0.4, 0.5) is 11.4 Å². The van der Waals surface area contributed by atoms with E-state index in [1.807, 2.05) is 41.3 Å². The van der Waals surface area contributed by atoms with Gasteiger partial charge >= 0.3 is 5.69 Å². The van der Waals surface area contributed by atoms with Crippen molar-refractivity contribution in [3.63, 3.8) is 0 Å². The zero-order valence-corrected chi connectivity index (χ0v) is 28.0. The summed E-state index contributed by atoms with van der Waals surface area (Å²) in [6.45, 7) is 12.0. The highest BCUT2D eigenvalue weighted by Crippen LogP contribution is 2.26. The lowest BCUT2D eigenvalue weighted by atomic mass is 9.95. The number of hydrogen-bond acceptors (Lipinski definition) is 6. The summed E-state index contributed by atoms with van der Waals surface area (Å²) in [5, 5.41) is 0. The van der Waals surface area contributed by atoms with Crippen LogP contribution in [-0.2, 0) is 16.3 Å². The predicted octanol–water partition coefficient (Wildman–Crippen LogP) is 4.64. The van der Waals surface area contributed by atoms with E-state index < -0.39 is 13.8 Å². The number of hydrogen-bond donors (Lipinski definition) is 0. The molecule has 11 heteroatoms. The monoisotopic (exact) mass is 667 g/mol. The molecule has 2 fully saturated rings. The molecule has 0 aliphatic carbocycles. The number of carbonyl (C=O) groups excluding carboxylic acids is 1. The van der Waals surface area contributed by atoms with Gasteiger partial charge in [0.05, 0.1) is 12.2 Å². The molecular weight excluding hydrogens is 626 g/mol. The van der Waals surface area contributed by atoms with Gasteiger partial charge in [-0.25, -0.2) is 9.36 Å². The van der Waals surface area contributed by atoms with Crippen LogP contribution in [0, 0.1) is 5.92 Å². The summed E-state index contributed by atoms with van der Waals surface area (Å²) in [7, 11) is -1.26. The number of ether oxygens (including phenoxy) is 1. The van der Waals surface area contributed by atoms with Crippen LogP contribution in [0.1, 0.15) is 12.8 Å². The second-order valence-electron chi connectivity index (χ2n) is 12.8. The summed E-state index contributed by atoms with van der Waals surface area (Å²) in [5.74, 6) is 0.693. The molecule has 2 saturated heterocycles. The molecule has 0 spiro atoms. The highest BCUT2D eigenvalue weighted by molar-refractivity contribution is 9.10. The van der Waals surface area contributed by atoms with Gasteiger partial charge in [0, 0.05) is 75.5 Å². The lowest BCUT2D eigenvalue weighted by Crippen LogP contribution is -2.52. The van der Waals surface area contributed by atoms with Crippen LogP contribution in [-0.4, -0.2) is 73.9 Å². The average Bonchev–Trinajstić information content (AvgIpc) is 2.98. The van der Waals surface area contributed by atoms with Crippen LogP contribution < -0.4 is 21.0 Å². The molecule has 2 aliphatic rings. The first-order valence-electron chi connectivity index (χ1n) is 15.1. The van der Waals surface area contributed by atoms with Gasteiger partial charge in [-0.3, -0.25) is 14.2 Å². The van der Waals surface area contributed by atoms with Crippen molar-refractivity contribution in [2.45, 2.75) is 45.3 Å². The molecule has 2 aromatic carbocycles. The molecule has 2 aliphatic heterocycles. The number of benzene rings is 2. The first-order valence-corrected chi connectivity index (χ1v) is 19.6. The van der Waals surface area contributed by atoms with Gasteiger partial charge in [-0.1, -0.05) is 35.6 Å². The number of piperidine rings is 1. The summed E-state index contributed by atoms with van der Waals surface area (Å²) in [6, 6.07) is 18.4. The molecule has 0 radical (unpaired) electrons. The third kappa shape index (κ3) is 8.07. The van der Waals surface area contributed by atoms with Crippen molar-refractivity contribution in [2.75, 3.05) is 55.7 Å². The van der Waals surface area contributed by atoms with Crippen molar-refractivity contribution in [1.82, 2.24) is 14.0 Å². The fourth-order valence-corrected chi connectivity index (χ4v) is 6.67. The van der Waals surface area contributed by atoms with Crippen LogP contribution in [0.15, 0.2) is 74.9 Å². The smallest absolute Gasteiger partial charge is 0.337 e. The summed E-state index contributed by atoms with van der Waals surface area (Å²) >= 11 is 3.48. The van der Waals surface area contributed by atoms with E-state index in [9.17, 15) is 14.4 Å². The standard InChI is InChI=1S/C32H42BrN5O4Si/c1-43(2,3)21-20-42-24-38-30(39)14-17-37(32(38)41)29-10-8-27(9-11-29)34-15-12-25(13-16-34)22-36-19-18-35(23-31(36)40)28-6-4-26(33)5-7-28/h4-11,14,17,25H,12-13,15-16,18-24H2,1-3H3. The Morgan fingerprint density at radius 1 is 0.814 bits per heavy atom. The van der Waals surface area contributed by atoms with Gasteiger partial charge in [0.2, 0.25) is 5.91 Å². The summed E-state index contributed by atoms with van der Waals surface area (Å²) < 4.78 is 9.37. The van der Waals surface area contributed by atoms with Gasteiger partial charge in [0.1, 0.15) is 6.73 Å². The zero-order chi connectivity index (χ0) is 30.6. The van der Waals surface area contributed by atoms with Gasteiger partial charge in [0.25, 0.3) is 5.56 Å². The lowest BCUT2D eigenvalue weighted by molar-refractivity contribution is -0.131. The first-order chi connectivity index (χ1) is 20.6. The molecule has 5 rings (SSSR count). The molecule has 0 saturated carbocycles. The quantitative estimate of drug-likeness (QED) is 0.232. The second kappa shape index (κ2) is 13.7. The zero-order valence-electron chi connectivity index (χ0n) is 25.4. The van der Waals surface area contributed by atoms with Gasteiger partial charge in [0.15, 0.2) is 0 Å². The van der Waals surface area contributed by atoms with E-state index >= 15 is 0 Å². The third-order valence-corrected chi connectivity index (χ3v) is 10.6.